The average Bonchev–Trinajstić information content (AvgIpc) is 2.64. The molecule has 17 heavy (non-hydrogen) atoms. The molecule has 0 aliphatic heterocycles. The van der Waals surface area contributed by atoms with Crippen LogP contribution in [0.15, 0.2) is 16.5 Å². The topological polar surface area (TPSA) is 34.4 Å². The number of furan rings is 1. The summed E-state index contributed by atoms with van der Waals surface area (Å²) in [6.07, 6.45) is -4.93. The zero-order valence-corrected chi connectivity index (χ0v) is 9.64. The van der Waals surface area contributed by atoms with Crippen LogP contribution >= 0.6 is 0 Å². The predicted octanol–water partition coefficient (Wildman–Crippen LogP) is 2.86. The summed E-state index contributed by atoms with van der Waals surface area (Å²) < 4.78 is 45.9. The quantitative estimate of drug-likeness (QED) is 0.757. The molecule has 1 heterocycles. The van der Waals surface area contributed by atoms with Gasteiger partial charge in [-0.15, -0.1) is 0 Å². The first-order valence-corrected chi connectivity index (χ1v) is 5.38. The van der Waals surface area contributed by atoms with E-state index in [9.17, 15) is 13.2 Å². The van der Waals surface area contributed by atoms with E-state index in [1.807, 2.05) is 6.07 Å². The second-order valence-electron chi connectivity index (χ2n) is 3.67. The summed E-state index contributed by atoms with van der Waals surface area (Å²) in [5.74, 6) is 1.41. The lowest BCUT2D eigenvalue weighted by molar-refractivity contribution is -0.138. The maximum absolute atomic E-state index is 11.8. The van der Waals surface area contributed by atoms with Crippen LogP contribution in [0.1, 0.15) is 24.4 Å². The van der Waals surface area contributed by atoms with Crippen molar-refractivity contribution in [3.8, 4) is 0 Å². The first kappa shape index (κ1) is 14.1. The lowest BCUT2D eigenvalue weighted by atomic mass is 10.3. The van der Waals surface area contributed by atoms with Gasteiger partial charge >= 0.3 is 6.18 Å². The Hall–Kier alpha value is -1.01. The number of alkyl halides is 3. The van der Waals surface area contributed by atoms with Gasteiger partial charge in [0.05, 0.1) is 6.54 Å². The number of ether oxygens (including phenoxy) is 1. The van der Waals surface area contributed by atoms with Crippen LogP contribution in [-0.4, -0.2) is 19.8 Å². The fourth-order valence-electron chi connectivity index (χ4n) is 1.32. The van der Waals surface area contributed by atoms with Crippen LogP contribution in [0.5, 0.6) is 0 Å². The molecule has 0 aliphatic rings. The molecule has 1 aromatic heterocycles. The second kappa shape index (κ2) is 6.66. The number of hydrogen-bond acceptors (Lipinski definition) is 3. The van der Waals surface area contributed by atoms with Crippen LogP contribution in [0.4, 0.5) is 13.2 Å². The van der Waals surface area contributed by atoms with Gasteiger partial charge in [0, 0.05) is 13.0 Å². The van der Waals surface area contributed by atoms with E-state index in [1.165, 1.54) is 0 Å². The van der Waals surface area contributed by atoms with E-state index in [4.69, 9.17) is 9.15 Å². The maximum atomic E-state index is 11.8. The van der Waals surface area contributed by atoms with Crippen molar-refractivity contribution in [3.63, 3.8) is 0 Å². The standard InChI is InChI=1S/C11H16F3NO2/c1-15-7-9-3-4-10(17-9)8-16-6-2-5-11(12,13)14/h3-4,15H,2,5-8H2,1H3. The molecule has 0 saturated heterocycles. The predicted molar refractivity (Wildman–Crippen MR) is 56.4 cm³/mol. The third-order valence-electron chi connectivity index (χ3n) is 2.06. The van der Waals surface area contributed by atoms with Crippen LogP contribution in [0.25, 0.3) is 0 Å². The molecule has 98 valence electrons. The van der Waals surface area contributed by atoms with Crippen LogP contribution in [0.2, 0.25) is 0 Å². The molecule has 0 spiro atoms. The Kier molecular flexibility index (Phi) is 5.50. The van der Waals surface area contributed by atoms with Gasteiger partial charge in [-0.3, -0.25) is 0 Å². The van der Waals surface area contributed by atoms with Gasteiger partial charge in [-0.05, 0) is 25.6 Å². The molecule has 0 amide bonds. The minimum absolute atomic E-state index is 0.0203. The van der Waals surface area contributed by atoms with Gasteiger partial charge in [0.25, 0.3) is 0 Å². The Bertz CT molecular complexity index is 323. The maximum Gasteiger partial charge on any atom is 0.389 e. The summed E-state index contributed by atoms with van der Waals surface area (Å²) in [6.45, 7) is 0.914. The largest absolute Gasteiger partial charge is 0.462 e. The monoisotopic (exact) mass is 251 g/mol. The number of rotatable bonds is 7. The van der Waals surface area contributed by atoms with E-state index in [2.05, 4.69) is 5.32 Å². The average molecular weight is 251 g/mol. The van der Waals surface area contributed by atoms with Gasteiger partial charge in [-0.1, -0.05) is 0 Å². The molecule has 0 aromatic carbocycles. The van der Waals surface area contributed by atoms with Gasteiger partial charge in [-0.2, -0.15) is 13.2 Å². The minimum atomic E-state index is -4.10. The van der Waals surface area contributed by atoms with Gasteiger partial charge in [0.2, 0.25) is 0 Å². The highest BCUT2D eigenvalue weighted by atomic mass is 19.4. The van der Waals surface area contributed by atoms with Crippen molar-refractivity contribution < 1.29 is 22.3 Å². The molecule has 0 aliphatic carbocycles. The van der Waals surface area contributed by atoms with Crippen molar-refractivity contribution in [1.82, 2.24) is 5.32 Å². The Morgan fingerprint density at radius 2 is 2.00 bits per heavy atom. The molecule has 1 aromatic rings. The fourth-order valence-corrected chi connectivity index (χ4v) is 1.32. The molecule has 0 bridgehead atoms. The fraction of sp³-hybridized carbons (Fsp3) is 0.636. The molecule has 1 N–H and O–H groups in total. The third-order valence-corrected chi connectivity index (χ3v) is 2.06. The molecule has 6 heteroatoms. The second-order valence-corrected chi connectivity index (χ2v) is 3.67. The van der Waals surface area contributed by atoms with Gasteiger partial charge in [0.15, 0.2) is 0 Å². The van der Waals surface area contributed by atoms with E-state index in [0.29, 0.717) is 12.3 Å². The molecule has 3 nitrogen and oxygen atoms in total. The zero-order valence-electron chi connectivity index (χ0n) is 9.64. The van der Waals surface area contributed by atoms with E-state index in [-0.39, 0.29) is 19.6 Å². The molecule has 1 rings (SSSR count). The van der Waals surface area contributed by atoms with Crippen molar-refractivity contribution in [3.05, 3.63) is 23.7 Å². The number of nitrogens with one attached hydrogen (secondary N) is 1. The van der Waals surface area contributed by atoms with Crippen LogP contribution in [0.3, 0.4) is 0 Å². The SMILES string of the molecule is CNCc1ccc(COCCCC(F)(F)F)o1. The number of hydrogen-bond donors (Lipinski definition) is 1. The summed E-state index contributed by atoms with van der Waals surface area (Å²) in [4.78, 5) is 0. The van der Waals surface area contributed by atoms with Gasteiger partial charge in [0.1, 0.15) is 18.1 Å². The third kappa shape index (κ3) is 6.33. The minimum Gasteiger partial charge on any atom is -0.462 e. The molecular weight excluding hydrogens is 235 g/mol. The summed E-state index contributed by atoms with van der Waals surface area (Å²) in [7, 11) is 1.80. The summed E-state index contributed by atoms with van der Waals surface area (Å²) in [5.41, 5.74) is 0. The Morgan fingerprint density at radius 1 is 1.29 bits per heavy atom. The lowest BCUT2D eigenvalue weighted by Gasteiger charge is -2.05. The molecule has 0 saturated carbocycles. The molecule has 0 atom stereocenters. The van der Waals surface area contributed by atoms with Crippen molar-refractivity contribution in [1.29, 1.82) is 0 Å². The van der Waals surface area contributed by atoms with Crippen LogP contribution in [0, 0.1) is 0 Å². The van der Waals surface area contributed by atoms with Crippen molar-refractivity contribution in [2.45, 2.75) is 32.2 Å². The van der Waals surface area contributed by atoms with Crippen molar-refractivity contribution in [2.75, 3.05) is 13.7 Å². The smallest absolute Gasteiger partial charge is 0.389 e. The molecule has 0 radical (unpaired) electrons. The van der Waals surface area contributed by atoms with Gasteiger partial charge in [-0.25, -0.2) is 0 Å². The van der Waals surface area contributed by atoms with Gasteiger partial charge < -0.3 is 14.5 Å². The highest BCUT2D eigenvalue weighted by Crippen LogP contribution is 2.21. The van der Waals surface area contributed by atoms with E-state index >= 15 is 0 Å². The van der Waals surface area contributed by atoms with Crippen LogP contribution < -0.4 is 5.32 Å². The number of halogens is 3. The van der Waals surface area contributed by atoms with Crippen LogP contribution in [-0.2, 0) is 17.9 Å². The van der Waals surface area contributed by atoms with Crippen molar-refractivity contribution >= 4 is 0 Å². The Labute approximate surface area is 97.9 Å². The highest BCUT2D eigenvalue weighted by molar-refractivity contribution is 5.06. The Balaban J connectivity index is 2.13. The normalized spacial score (nSPS) is 12.0. The first-order chi connectivity index (χ1) is 8.01. The molecule has 0 unspecified atom stereocenters. The Morgan fingerprint density at radius 3 is 2.65 bits per heavy atom. The van der Waals surface area contributed by atoms with E-state index < -0.39 is 12.6 Å². The molecule has 0 fully saturated rings. The highest BCUT2D eigenvalue weighted by Gasteiger charge is 2.25. The summed E-state index contributed by atoms with van der Waals surface area (Å²) in [5, 5.41) is 2.93. The molecular formula is C11H16F3NO2. The lowest BCUT2D eigenvalue weighted by Crippen LogP contribution is -2.08. The zero-order chi connectivity index (χ0) is 12.7. The van der Waals surface area contributed by atoms with Crippen molar-refractivity contribution in [2.24, 2.45) is 0 Å². The summed E-state index contributed by atoms with van der Waals surface area (Å²) >= 11 is 0. The van der Waals surface area contributed by atoms with E-state index in [0.717, 1.165) is 5.76 Å². The summed E-state index contributed by atoms with van der Waals surface area (Å²) in [6, 6.07) is 3.57. The first-order valence-electron chi connectivity index (χ1n) is 5.38. The van der Waals surface area contributed by atoms with E-state index in [1.54, 1.807) is 13.1 Å².